The molecule has 0 aliphatic heterocycles. The molecule has 0 saturated heterocycles. The number of aromatic nitrogens is 3. The molecule has 1 aliphatic rings. The van der Waals surface area contributed by atoms with Crippen LogP contribution < -0.4 is 0 Å². The quantitative estimate of drug-likeness (QED) is 0.862. The highest BCUT2D eigenvalue weighted by molar-refractivity contribution is 6.30. The lowest BCUT2D eigenvalue weighted by Crippen LogP contribution is -2.18. The number of aromatic amines is 1. The first kappa shape index (κ1) is 14.1. The summed E-state index contributed by atoms with van der Waals surface area (Å²) >= 11 is 6.02. The van der Waals surface area contributed by atoms with Crippen LogP contribution in [0.15, 0.2) is 24.3 Å². The number of esters is 1. The molecule has 0 amide bonds. The highest BCUT2D eigenvalue weighted by Crippen LogP contribution is 2.38. The molecule has 0 radical (unpaired) electrons. The summed E-state index contributed by atoms with van der Waals surface area (Å²) in [4.78, 5) is 16.8. The highest BCUT2D eigenvalue weighted by Gasteiger charge is 2.32. The van der Waals surface area contributed by atoms with Gasteiger partial charge in [0.25, 0.3) is 0 Å². The first-order valence-corrected chi connectivity index (χ1v) is 7.41. The molecule has 1 aromatic heterocycles. The Bertz CT molecular complexity index is 652. The third kappa shape index (κ3) is 3.08. The van der Waals surface area contributed by atoms with Gasteiger partial charge in [0, 0.05) is 10.9 Å². The Hall–Kier alpha value is -1.88. The van der Waals surface area contributed by atoms with Crippen LogP contribution in [0.5, 0.6) is 0 Å². The summed E-state index contributed by atoms with van der Waals surface area (Å²) in [6.07, 6.45) is 2.24. The van der Waals surface area contributed by atoms with Crippen LogP contribution in [0.2, 0.25) is 5.02 Å². The number of H-pyrrole nitrogens is 1. The first-order chi connectivity index (χ1) is 10.2. The molecule has 21 heavy (non-hydrogen) atoms. The lowest BCUT2D eigenvalue weighted by molar-refractivity contribution is -0.144. The van der Waals surface area contributed by atoms with Crippen LogP contribution in [-0.2, 0) is 9.53 Å². The predicted molar refractivity (Wildman–Crippen MR) is 78.3 cm³/mol. The number of nitrogens with zero attached hydrogens (tertiary/aromatic N) is 2. The van der Waals surface area contributed by atoms with Gasteiger partial charge in [0.2, 0.25) is 0 Å². The molecular formula is C15H16ClN3O2. The molecule has 110 valence electrons. The lowest BCUT2D eigenvalue weighted by Gasteiger charge is -2.13. The van der Waals surface area contributed by atoms with E-state index in [-0.39, 0.29) is 5.97 Å². The second kappa shape index (κ2) is 5.85. The zero-order chi connectivity index (χ0) is 14.8. The maximum Gasteiger partial charge on any atom is 0.321 e. The fourth-order valence-corrected chi connectivity index (χ4v) is 2.46. The number of halogens is 1. The number of hydrogen-bond acceptors (Lipinski definition) is 4. The molecule has 5 nitrogen and oxygen atoms in total. The van der Waals surface area contributed by atoms with E-state index >= 15 is 0 Å². The Balaban J connectivity index is 1.96. The van der Waals surface area contributed by atoms with E-state index in [1.165, 1.54) is 0 Å². The summed E-state index contributed by atoms with van der Waals surface area (Å²) in [6, 6.07) is 7.15. The van der Waals surface area contributed by atoms with E-state index < -0.39 is 5.92 Å². The van der Waals surface area contributed by atoms with Crippen LogP contribution in [0.3, 0.4) is 0 Å². The second-order valence-electron chi connectivity index (χ2n) is 5.09. The van der Waals surface area contributed by atoms with Crippen LogP contribution in [0, 0.1) is 0 Å². The van der Waals surface area contributed by atoms with Crippen molar-refractivity contribution in [2.45, 2.75) is 31.6 Å². The van der Waals surface area contributed by atoms with E-state index in [1.54, 1.807) is 25.1 Å². The van der Waals surface area contributed by atoms with Gasteiger partial charge in [-0.1, -0.05) is 23.7 Å². The van der Waals surface area contributed by atoms with Crippen molar-refractivity contribution < 1.29 is 9.53 Å². The summed E-state index contributed by atoms with van der Waals surface area (Å²) in [6.45, 7) is 2.09. The van der Waals surface area contributed by atoms with Gasteiger partial charge in [0.15, 0.2) is 5.82 Å². The zero-order valence-corrected chi connectivity index (χ0v) is 12.4. The van der Waals surface area contributed by atoms with Crippen LogP contribution in [-0.4, -0.2) is 27.8 Å². The van der Waals surface area contributed by atoms with Gasteiger partial charge in [-0.15, -0.1) is 0 Å². The van der Waals surface area contributed by atoms with Crippen molar-refractivity contribution in [2.75, 3.05) is 6.61 Å². The number of ether oxygens (including phenoxy) is 1. The van der Waals surface area contributed by atoms with Crippen molar-refractivity contribution in [3.8, 4) is 0 Å². The molecule has 1 fully saturated rings. The minimum absolute atomic E-state index is 0.315. The van der Waals surface area contributed by atoms with Crippen molar-refractivity contribution in [3.63, 3.8) is 0 Å². The van der Waals surface area contributed by atoms with Gasteiger partial charge < -0.3 is 4.74 Å². The first-order valence-electron chi connectivity index (χ1n) is 7.03. The Morgan fingerprint density at radius 1 is 1.52 bits per heavy atom. The number of carbonyl (C=O) groups excluding carboxylic acids is 1. The smallest absolute Gasteiger partial charge is 0.321 e. The second-order valence-corrected chi connectivity index (χ2v) is 5.53. The Labute approximate surface area is 127 Å². The predicted octanol–water partition coefficient (Wildman–Crippen LogP) is 3.03. The van der Waals surface area contributed by atoms with Crippen LogP contribution >= 0.6 is 11.6 Å². The fourth-order valence-electron chi connectivity index (χ4n) is 2.26. The van der Waals surface area contributed by atoms with E-state index in [1.807, 2.05) is 6.07 Å². The van der Waals surface area contributed by atoms with Crippen molar-refractivity contribution >= 4 is 17.6 Å². The molecule has 6 heteroatoms. The molecule has 1 aliphatic carbocycles. The third-order valence-corrected chi connectivity index (χ3v) is 3.68. The molecule has 1 heterocycles. The average Bonchev–Trinajstić information content (AvgIpc) is 3.20. The average molecular weight is 306 g/mol. The molecule has 2 aromatic rings. The number of hydrogen-bond donors (Lipinski definition) is 1. The number of benzene rings is 1. The highest BCUT2D eigenvalue weighted by atomic mass is 35.5. The molecule has 1 atom stereocenters. The summed E-state index contributed by atoms with van der Waals surface area (Å²) in [5, 5.41) is 7.70. The van der Waals surface area contributed by atoms with Crippen LogP contribution in [0.4, 0.5) is 0 Å². The third-order valence-electron chi connectivity index (χ3n) is 3.45. The lowest BCUT2D eigenvalue weighted by atomic mass is 9.98. The summed E-state index contributed by atoms with van der Waals surface area (Å²) < 4.78 is 5.16. The summed E-state index contributed by atoms with van der Waals surface area (Å²) in [5.41, 5.74) is 0.738. The molecule has 3 rings (SSSR count). The minimum Gasteiger partial charge on any atom is -0.465 e. The van der Waals surface area contributed by atoms with Crippen molar-refractivity contribution in [2.24, 2.45) is 0 Å². The number of rotatable bonds is 5. The van der Waals surface area contributed by atoms with Crippen LogP contribution in [0.25, 0.3) is 0 Å². The van der Waals surface area contributed by atoms with Crippen molar-refractivity contribution in [1.82, 2.24) is 15.2 Å². The maximum absolute atomic E-state index is 12.3. The van der Waals surface area contributed by atoms with Gasteiger partial charge in [-0.05, 0) is 37.5 Å². The normalized spacial score (nSPS) is 15.7. The standard InChI is InChI=1S/C15H16ClN3O2/c1-2-21-15(20)12(10-4-3-5-11(16)8-10)14-17-13(18-19-14)9-6-7-9/h3-5,8-9,12H,2,6-7H2,1H3,(H,17,18,19). The Kier molecular flexibility index (Phi) is 3.92. The van der Waals surface area contributed by atoms with Crippen LogP contribution in [0.1, 0.15) is 48.8 Å². The SMILES string of the molecule is CCOC(=O)C(c1cccc(Cl)c1)c1n[nH]c(C2CC2)n1. The Morgan fingerprint density at radius 3 is 3.00 bits per heavy atom. The van der Waals surface area contributed by atoms with Gasteiger partial charge in [-0.2, -0.15) is 5.10 Å². The number of nitrogens with one attached hydrogen (secondary N) is 1. The molecule has 1 N–H and O–H groups in total. The largest absolute Gasteiger partial charge is 0.465 e. The Morgan fingerprint density at radius 2 is 2.33 bits per heavy atom. The molecule has 0 bridgehead atoms. The maximum atomic E-state index is 12.3. The van der Waals surface area contributed by atoms with Crippen molar-refractivity contribution in [3.05, 3.63) is 46.5 Å². The molecule has 1 aromatic carbocycles. The molecule has 0 spiro atoms. The van der Waals surface area contributed by atoms with Gasteiger partial charge in [-0.25, -0.2) is 4.98 Å². The van der Waals surface area contributed by atoms with Gasteiger partial charge in [0.1, 0.15) is 11.7 Å². The zero-order valence-electron chi connectivity index (χ0n) is 11.7. The monoisotopic (exact) mass is 305 g/mol. The molecule has 1 unspecified atom stereocenters. The number of carbonyl (C=O) groups is 1. The van der Waals surface area contributed by atoms with E-state index in [0.717, 1.165) is 24.2 Å². The van der Waals surface area contributed by atoms with E-state index in [9.17, 15) is 4.79 Å². The topological polar surface area (TPSA) is 67.9 Å². The van der Waals surface area contributed by atoms with Gasteiger partial charge in [0.05, 0.1) is 6.61 Å². The van der Waals surface area contributed by atoms with Gasteiger partial charge in [-0.3, -0.25) is 9.89 Å². The van der Waals surface area contributed by atoms with Crippen molar-refractivity contribution in [1.29, 1.82) is 0 Å². The van der Waals surface area contributed by atoms with E-state index in [4.69, 9.17) is 16.3 Å². The van der Waals surface area contributed by atoms with E-state index in [0.29, 0.717) is 23.4 Å². The van der Waals surface area contributed by atoms with Gasteiger partial charge >= 0.3 is 5.97 Å². The summed E-state index contributed by atoms with van der Waals surface area (Å²) in [5.74, 6) is 0.737. The minimum atomic E-state index is -0.646. The van der Waals surface area contributed by atoms with E-state index in [2.05, 4.69) is 15.2 Å². The summed E-state index contributed by atoms with van der Waals surface area (Å²) in [7, 11) is 0. The molecule has 1 saturated carbocycles. The fraction of sp³-hybridized carbons (Fsp3) is 0.400. The molecular weight excluding hydrogens is 290 g/mol.